The first-order chi connectivity index (χ1) is 15.0. The highest BCUT2D eigenvalue weighted by atomic mass is 32.2. The average Bonchev–Trinajstić information content (AvgIpc) is 3.38. The number of aromatic nitrogens is 1. The van der Waals surface area contributed by atoms with Crippen molar-refractivity contribution in [1.82, 2.24) is 10.3 Å². The Morgan fingerprint density at radius 1 is 1.29 bits per heavy atom. The number of amides is 2. The van der Waals surface area contributed by atoms with Crippen molar-refractivity contribution in [2.75, 3.05) is 6.61 Å². The summed E-state index contributed by atoms with van der Waals surface area (Å²) in [4.78, 5) is 27.6. The van der Waals surface area contributed by atoms with Crippen LogP contribution in [-0.4, -0.2) is 34.9 Å². The van der Waals surface area contributed by atoms with Gasteiger partial charge in [-0.25, -0.2) is 4.98 Å². The van der Waals surface area contributed by atoms with Crippen LogP contribution in [0.15, 0.2) is 46.3 Å². The molecule has 31 heavy (non-hydrogen) atoms. The predicted molar refractivity (Wildman–Crippen MR) is 117 cm³/mol. The van der Waals surface area contributed by atoms with Crippen LogP contribution in [0.25, 0.3) is 0 Å². The predicted octanol–water partition coefficient (Wildman–Crippen LogP) is 4.59. The standard InChI is InChI=1S/C23H26N2O5S/c1-14-6-7-15(2)18(10-14)21(19-12-28-13-24-19)30-17-5-3-4-16(11-17)29-9-8-20-22(26)25-23(27)31-20/h6-8,10,12-13,16-17,21H,3-5,9,11H2,1-2H3,(H,25,26,27)/b20-8-. The summed E-state index contributed by atoms with van der Waals surface area (Å²) < 4.78 is 17.8. The van der Waals surface area contributed by atoms with Crippen molar-refractivity contribution < 1.29 is 23.5 Å². The molecule has 1 aromatic carbocycles. The van der Waals surface area contributed by atoms with E-state index in [1.807, 2.05) is 0 Å². The van der Waals surface area contributed by atoms with E-state index in [2.05, 4.69) is 42.3 Å². The van der Waals surface area contributed by atoms with E-state index in [9.17, 15) is 9.59 Å². The zero-order valence-electron chi connectivity index (χ0n) is 17.6. The number of thioether (sulfide) groups is 1. The molecule has 1 saturated heterocycles. The van der Waals surface area contributed by atoms with Gasteiger partial charge < -0.3 is 13.9 Å². The molecule has 0 spiro atoms. The Balaban J connectivity index is 1.41. The van der Waals surface area contributed by atoms with Gasteiger partial charge in [-0.1, -0.05) is 23.8 Å². The molecule has 2 heterocycles. The van der Waals surface area contributed by atoms with Gasteiger partial charge in [0.1, 0.15) is 18.1 Å². The van der Waals surface area contributed by atoms with Gasteiger partial charge in [-0.2, -0.15) is 0 Å². The van der Waals surface area contributed by atoms with Crippen molar-refractivity contribution in [3.05, 3.63) is 64.2 Å². The molecule has 1 aliphatic carbocycles. The third-order valence-corrected chi connectivity index (χ3v) is 6.45. The average molecular weight is 443 g/mol. The molecule has 164 valence electrons. The van der Waals surface area contributed by atoms with E-state index in [1.54, 1.807) is 12.3 Å². The van der Waals surface area contributed by atoms with Crippen molar-refractivity contribution in [1.29, 1.82) is 0 Å². The van der Waals surface area contributed by atoms with Gasteiger partial charge in [0.15, 0.2) is 6.39 Å². The molecular weight excluding hydrogens is 416 g/mol. The molecule has 1 saturated carbocycles. The molecular formula is C23H26N2O5S. The molecule has 2 fully saturated rings. The Labute approximate surface area is 185 Å². The molecule has 3 atom stereocenters. The second-order valence-electron chi connectivity index (χ2n) is 7.95. The summed E-state index contributed by atoms with van der Waals surface area (Å²) in [6.07, 6.45) is 8.17. The molecule has 2 aromatic rings. The van der Waals surface area contributed by atoms with Crippen LogP contribution in [-0.2, 0) is 14.3 Å². The van der Waals surface area contributed by atoms with Crippen LogP contribution >= 0.6 is 11.8 Å². The first kappa shape index (κ1) is 21.8. The molecule has 4 rings (SSSR count). The molecule has 8 heteroatoms. The van der Waals surface area contributed by atoms with Gasteiger partial charge in [-0.15, -0.1) is 0 Å². The summed E-state index contributed by atoms with van der Waals surface area (Å²) >= 11 is 0.909. The van der Waals surface area contributed by atoms with Gasteiger partial charge in [-0.3, -0.25) is 14.9 Å². The van der Waals surface area contributed by atoms with Crippen LogP contribution in [0.1, 0.15) is 54.2 Å². The lowest BCUT2D eigenvalue weighted by molar-refractivity contribution is -0.115. The number of rotatable bonds is 7. The van der Waals surface area contributed by atoms with E-state index >= 15 is 0 Å². The molecule has 1 aromatic heterocycles. The largest absolute Gasteiger partial charge is 0.451 e. The fourth-order valence-corrected chi connectivity index (χ4v) is 4.62. The number of hydrogen-bond donors (Lipinski definition) is 1. The Bertz CT molecular complexity index is 972. The number of carbonyl (C=O) groups is 2. The fraction of sp³-hybridized carbons (Fsp3) is 0.435. The first-order valence-corrected chi connectivity index (χ1v) is 11.3. The lowest BCUT2D eigenvalue weighted by Crippen LogP contribution is -2.30. The minimum atomic E-state index is -0.354. The number of nitrogens with one attached hydrogen (secondary N) is 1. The Kier molecular flexibility index (Phi) is 6.89. The van der Waals surface area contributed by atoms with Crippen molar-refractivity contribution in [2.24, 2.45) is 0 Å². The molecule has 3 unspecified atom stereocenters. The van der Waals surface area contributed by atoms with E-state index < -0.39 is 0 Å². The highest BCUT2D eigenvalue weighted by Gasteiger charge is 2.29. The van der Waals surface area contributed by atoms with Crippen LogP contribution in [0.3, 0.4) is 0 Å². The summed E-state index contributed by atoms with van der Waals surface area (Å²) in [6.45, 7) is 4.44. The number of oxazole rings is 1. The molecule has 7 nitrogen and oxygen atoms in total. The van der Waals surface area contributed by atoms with Crippen LogP contribution in [0.5, 0.6) is 0 Å². The van der Waals surface area contributed by atoms with E-state index in [0.717, 1.165) is 54.3 Å². The van der Waals surface area contributed by atoms with Crippen LogP contribution in [0, 0.1) is 13.8 Å². The van der Waals surface area contributed by atoms with Gasteiger partial charge >= 0.3 is 0 Å². The summed E-state index contributed by atoms with van der Waals surface area (Å²) in [5.41, 5.74) is 4.17. The van der Waals surface area contributed by atoms with Crippen molar-refractivity contribution >= 4 is 22.9 Å². The minimum absolute atomic E-state index is 0.0266. The molecule has 0 bridgehead atoms. The number of imide groups is 1. The third kappa shape index (κ3) is 5.44. The van der Waals surface area contributed by atoms with Gasteiger partial charge in [0, 0.05) is 0 Å². The number of carbonyl (C=O) groups excluding carboxylic acids is 2. The van der Waals surface area contributed by atoms with Crippen LogP contribution < -0.4 is 5.32 Å². The van der Waals surface area contributed by atoms with Crippen LogP contribution in [0.2, 0.25) is 0 Å². The van der Waals surface area contributed by atoms with Crippen LogP contribution in [0.4, 0.5) is 4.79 Å². The zero-order valence-corrected chi connectivity index (χ0v) is 18.4. The van der Waals surface area contributed by atoms with Gasteiger partial charge in [0.25, 0.3) is 11.1 Å². The van der Waals surface area contributed by atoms with Crippen molar-refractivity contribution in [2.45, 2.75) is 57.8 Å². The number of nitrogens with zero attached hydrogens (tertiary/aromatic N) is 1. The van der Waals surface area contributed by atoms with E-state index in [0.29, 0.717) is 11.5 Å². The van der Waals surface area contributed by atoms with E-state index in [-0.39, 0.29) is 29.5 Å². The summed E-state index contributed by atoms with van der Waals surface area (Å²) in [5, 5.41) is 1.91. The first-order valence-electron chi connectivity index (χ1n) is 10.4. The minimum Gasteiger partial charge on any atom is -0.451 e. The fourth-order valence-electron chi connectivity index (χ4n) is 3.99. The molecule has 2 aliphatic rings. The Morgan fingerprint density at radius 2 is 2.13 bits per heavy atom. The number of hydrogen-bond acceptors (Lipinski definition) is 7. The maximum Gasteiger partial charge on any atom is 0.290 e. The second kappa shape index (κ2) is 9.80. The number of benzene rings is 1. The summed E-state index contributed by atoms with van der Waals surface area (Å²) in [7, 11) is 0. The smallest absolute Gasteiger partial charge is 0.290 e. The summed E-state index contributed by atoms with van der Waals surface area (Å²) in [5.74, 6) is -0.354. The van der Waals surface area contributed by atoms with E-state index in [1.165, 1.54) is 12.0 Å². The Hall–Kier alpha value is -2.42. The zero-order chi connectivity index (χ0) is 21.8. The number of aryl methyl sites for hydroxylation is 2. The topological polar surface area (TPSA) is 90.7 Å². The monoisotopic (exact) mass is 442 g/mol. The number of ether oxygens (including phenoxy) is 2. The molecule has 1 aliphatic heterocycles. The normalized spacial score (nSPS) is 23.9. The maximum absolute atomic E-state index is 11.6. The summed E-state index contributed by atoms with van der Waals surface area (Å²) in [6, 6.07) is 6.33. The van der Waals surface area contributed by atoms with Crippen molar-refractivity contribution in [3.8, 4) is 0 Å². The van der Waals surface area contributed by atoms with Gasteiger partial charge in [0.05, 0.1) is 23.7 Å². The van der Waals surface area contributed by atoms with Gasteiger partial charge in [-0.05, 0) is 68.5 Å². The van der Waals surface area contributed by atoms with E-state index in [4.69, 9.17) is 13.9 Å². The lowest BCUT2D eigenvalue weighted by Gasteiger charge is -2.32. The SMILES string of the molecule is Cc1ccc(C)c(C(OC2CCCC(OC/C=C3\SC(=O)NC3=O)C2)c2cocn2)c1. The highest BCUT2D eigenvalue weighted by Crippen LogP contribution is 2.34. The third-order valence-electron chi connectivity index (χ3n) is 5.59. The maximum atomic E-state index is 11.6. The quantitative estimate of drug-likeness (QED) is 0.627. The lowest BCUT2D eigenvalue weighted by atomic mass is 9.93. The molecule has 1 N–H and O–H groups in total. The van der Waals surface area contributed by atoms with Crippen molar-refractivity contribution in [3.63, 3.8) is 0 Å². The molecule has 0 radical (unpaired) electrons. The van der Waals surface area contributed by atoms with Gasteiger partial charge in [0.2, 0.25) is 0 Å². The Morgan fingerprint density at radius 3 is 2.87 bits per heavy atom. The highest BCUT2D eigenvalue weighted by molar-refractivity contribution is 8.18. The second-order valence-corrected chi connectivity index (χ2v) is 8.96. The molecule has 2 amide bonds.